The predicted molar refractivity (Wildman–Crippen MR) is 116 cm³/mol. The largest absolute Gasteiger partial charge is 0.478 e. The first kappa shape index (κ1) is 18.9. The molecule has 0 atom stereocenters. The Balaban J connectivity index is 1.34. The van der Waals surface area contributed by atoms with Crippen LogP contribution < -0.4 is 5.32 Å². The Morgan fingerprint density at radius 1 is 1.03 bits per heavy atom. The van der Waals surface area contributed by atoms with Crippen molar-refractivity contribution in [1.82, 2.24) is 9.55 Å². The van der Waals surface area contributed by atoms with E-state index in [1.54, 1.807) is 17.7 Å². The molecule has 0 saturated carbocycles. The van der Waals surface area contributed by atoms with Crippen LogP contribution in [0.5, 0.6) is 0 Å². The van der Waals surface area contributed by atoms with Crippen LogP contribution in [0.1, 0.15) is 27.4 Å². The van der Waals surface area contributed by atoms with Gasteiger partial charge in [-0.2, -0.15) is 0 Å². The number of nitrogens with one attached hydrogen (secondary N) is 1. The third-order valence-corrected chi connectivity index (χ3v) is 5.69. The number of rotatable bonds is 4. The van der Waals surface area contributed by atoms with Crippen LogP contribution in [-0.4, -0.2) is 33.3 Å². The topological polar surface area (TPSA) is 93.5 Å². The molecule has 5 rings (SSSR count). The zero-order valence-electron chi connectivity index (χ0n) is 16.7. The molecule has 7 heteroatoms. The van der Waals surface area contributed by atoms with Crippen LogP contribution in [0.4, 0.5) is 10.7 Å². The van der Waals surface area contributed by atoms with Gasteiger partial charge < -0.3 is 14.4 Å². The van der Waals surface area contributed by atoms with E-state index in [-0.39, 0.29) is 24.0 Å². The highest BCUT2D eigenvalue weighted by Gasteiger charge is 2.29. The van der Waals surface area contributed by atoms with Crippen LogP contribution in [0.15, 0.2) is 66.7 Å². The summed E-state index contributed by atoms with van der Waals surface area (Å²) in [6.07, 6.45) is -0.612. The number of carboxylic acid groups (broad SMARTS) is 1. The standard InChI is InChI=1S/C24H19N3O4/c1-27-21-11-10-14(22(28)29)12-20(21)25-23(27)26-24(30)31-13-19-17-8-4-2-6-15(17)16-7-3-5-9-18(16)19/h2-12,19H,13H2,1H3,(H,28,29)(H,25,26,30). The fourth-order valence-corrected chi connectivity index (χ4v) is 4.17. The van der Waals surface area contributed by atoms with Gasteiger partial charge in [0, 0.05) is 13.0 Å². The minimum atomic E-state index is -1.03. The first-order valence-corrected chi connectivity index (χ1v) is 9.84. The van der Waals surface area contributed by atoms with Crippen LogP contribution in [0.2, 0.25) is 0 Å². The van der Waals surface area contributed by atoms with E-state index in [0.29, 0.717) is 11.0 Å². The molecule has 1 aromatic heterocycles. The van der Waals surface area contributed by atoms with E-state index in [1.807, 2.05) is 24.3 Å². The van der Waals surface area contributed by atoms with Gasteiger partial charge in [-0.25, -0.2) is 14.6 Å². The van der Waals surface area contributed by atoms with E-state index in [2.05, 4.69) is 34.6 Å². The number of ether oxygens (including phenoxy) is 1. The number of hydrogen-bond acceptors (Lipinski definition) is 4. The third-order valence-electron chi connectivity index (χ3n) is 5.69. The van der Waals surface area contributed by atoms with Gasteiger partial charge in [0.2, 0.25) is 5.95 Å². The summed E-state index contributed by atoms with van der Waals surface area (Å²) in [6, 6.07) is 20.9. The van der Waals surface area contributed by atoms with Gasteiger partial charge in [-0.1, -0.05) is 48.5 Å². The summed E-state index contributed by atoms with van der Waals surface area (Å²) >= 11 is 0. The molecule has 0 radical (unpaired) electrons. The van der Waals surface area contributed by atoms with Gasteiger partial charge in [-0.15, -0.1) is 0 Å². The molecule has 2 N–H and O–H groups in total. The summed E-state index contributed by atoms with van der Waals surface area (Å²) < 4.78 is 7.24. The lowest BCUT2D eigenvalue weighted by Gasteiger charge is -2.14. The third kappa shape index (κ3) is 3.20. The summed E-state index contributed by atoms with van der Waals surface area (Å²) in [5.41, 5.74) is 5.93. The Morgan fingerprint density at radius 2 is 1.68 bits per heavy atom. The summed E-state index contributed by atoms with van der Waals surface area (Å²) in [6.45, 7) is 0.201. The zero-order chi connectivity index (χ0) is 21.5. The normalized spacial score (nSPS) is 12.4. The van der Waals surface area contributed by atoms with E-state index >= 15 is 0 Å². The molecule has 154 valence electrons. The minimum absolute atomic E-state index is 0.0308. The molecule has 0 saturated heterocycles. The molecule has 0 aliphatic heterocycles. The molecule has 1 amide bonds. The average Bonchev–Trinajstić information content (AvgIpc) is 3.26. The van der Waals surface area contributed by atoms with Crippen molar-refractivity contribution in [2.75, 3.05) is 11.9 Å². The van der Waals surface area contributed by atoms with Gasteiger partial charge in [0.1, 0.15) is 6.61 Å². The summed E-state index contributed by atoms with van der Waals surface area (Å²) in [5.74, 6) is -0.773. The number of benzene rings is 3. The lowest BCUT2D eigenvalue weighted by molar-refractivity contribution is 0.0697. The van der Waals surface area contributed by atoms with Crippen molar-refractivity contribution in [2.24, 2.45) is 7.05 Å². The van der Waals surface area contributed by atoms with Crippen molar-refractivity contribution in [3.63, 3.8) is 0 Å². The molecule has 1 aliphatic carbocycles. The van der Waals surface area contributed by atoms with Crippen molar-refractivity contribution in [3.8, 4) is 11.1 Å². The quantitative estimate of drug-likeness (QED) is 0.509. The number of nitrogens with zero attached hydrogens (tertiary/aromatic N) is 2. The molecule has 4 aromatic rings. The van der Waals surface area contributed by atoms with Crippen LogP contribution >= 0.6 is 0 Å². The van der Waals surface area contributed by atoms with E-state index < -0.39 is 12.1 Å². The molecular formula is C24H19N3O4. The first-order chi connectivity index (χ1) is 15.0. The molecule has 1 aliphatic rings. The number of aryl methyl sites for hydroxylation is 1. The predicted octanol–water partition coefficient (Wildman–Crippen LogP) is 4.63. The second kappa shape index (κ2) is 7.28. The summed E-state index contributed by atoms with van der Waals surface area (Å²) in [7, 11) is 1.74. The Bertz CT molecular complexity index is 1300. The van der Waals surface area contributed by atoms with Gasteiger partial charge >= 0.3 is 12.1 Å². The smallest absolute Gasteiger partial charge is 0.414 e. The highest BCUT2D eigenvalue weighted by molar-refractivity contribution is 5.94. The number of carbonyl (C=O) groups excluding carboxylic acids is 1. The van der Waals surface area contributed by atoms with E-state index in [9.17, 15) is 9.59 Å². The number of anilines is 1. The van der Waals surface area contributed by atoms with Crippen molar-refractivity contribution in [3.05, 3.63) is 83.4 Å². The Morgan fingerprint density at radius 3 is 2.32 bits per heavy atom. The maximum atomic E-state index is 12.5. The van der Waals surface area contributed by atoms with Crippen molar-refractivity contribution >= 4 is 29.0 Å². The van der Waals surface area contributed by atoms with Crippen LogP contribution in [-0.2, 0) is 11.8 Å². The molecule has 7 nitrogen and oxygen atoms in total. The fourth-order valence-electron chi connectivity index (χ4n) is 4.17. The SMILES string of the molecule is Cn1c(NC(=O)OCC2c3ccccc3-c3ccccc32)nc2cc(C(=O)O)ccc21. The number of hydrogen-bond donors (Lipinski definition) is 2. The van der Waals surface area contributed by atoms with Crippen LogP contribution in [0, 0.1) is 0 Å². The van der Waals surface area contributed by atoms with Crippen molar-refractivity contribution in [2.45, 2.75) is 5.92 Å². The van der Waals surface area contributed by atoms with Gasteiger partial charge in [0.05, 0.1) is 16.6 Å². The summed E-state index contributed by atoms with van der Waals surface area (Å²) in [4.78, 5) is 28.0. The number of aromatic nitrogens is 2. The number of carbonyl (C=O) groups is 2. The van der Waals surface area contributed by atoms with Crippen LogP contribution in [0.3, 0.4) is 0 Å². The Hall–Kier alpha value is -4.13. The number of amides is 1. The molecule has 31 heavy (non-hydrogen) atoms. The highest BCUT2D eigenvalue weighted by atomic mass is 16.5. The van der Waals surface area contributed by atoms with Gasteiger partial charge in [0.15, 0.2) is 0 Å². The Labute approximate surface area is 177 Å². The second-order valence-corrected chi connectivity index (χ2v) is 7.45. The maximum absolute atomic E-state index is 12.5. The van der Waals surface area contributed by atoms with E-state index in [0.717, 1.165) is 22.3 Å². The minimum Gasteiger partial charge on any atom is -0.478 e. The van der Waals surface area contributed by atoms with Gasteiger partial charge in [-0.3, -0.25) is 5.32 Å². The van der Waals surface area contributed by atoms with Crippen molar-refractivity contribution < 1.29 is 19.4 Å². The molecule has 0 bridgehead atoms. The van der Waals surface area contributed by atoms with E-state index in [4.69, 9.17) is 9.84 Å². The summed E-state index contributed by atoms with van der Waals surface area (Å²) in [5, 5.41) is 11.8. The van der Waals surface area contributed by atoms with E-state index in [1.165, 1.54) is 12.1 Å². The molecule has 3 aromatic carbocycles. The molecule has 0 unspecified atom stereocenters. The number of aromatic carboxylic acids is 1. The number of imidazole rings is 1. The molecule has 0 spiro atoms. The second-order valence-electron chi connectivity index (χ2n) is 7.45. The molecule has 1 heterocycles. The first-order valence-electron chi connectivity index (χ1n) is 9.84. The fraction of sp³-hybridized carbons (Fsp3) is 0.125. The highest BCUT2D eigenvalue weighted by Crippen LogP contribution is 2.44. The van der Waals surface area contributed by atoms with Crippen LogP contribution in [0.25, 0.3) is 22.2 Å². The van der Waals surface area contributed by atoms with Crippen molar-refractivity contribution in [1.29, 1.82) is 0 Å². The Kier molecular flexibility index (Phi) is 4.43. The lowest BCUT2D eigenvalue weighted by atomic mass is 9.98. The number of fused-ring (bicyclic) bond motifs is 4. The molecular weight excluding hydrogens is 394 g/mol. The maximum Gasteiger partial charge on any atom is 0.414 e. The zero-order valence-corrected chi connectivity index (χ0v) is 16.7. The van der Waals surface area contributed by atoms with Gasteiger partial charge in [0.25, 0.3) is 0 Å². The molecule has 0 fully saturated rings. The average molecular weight is 413 g/mol. The van der Waals surface area contributed by atoms with Gasteiger partial charge in [-0.05, 0) is 40.5 Å². The lowest BCUT2D eigenvalue weighted by Crippen LogP contribution is -2.19. The monoisotopic (exact) mass is 413 g/mol. The number of carboxylic acids is 1.